The third-order valence-electron chi connectivity index (χ3n) is 2.14. The van der Waals surface area contributed by atoms with Gasteiger partial charge >= 0.3 is 5.97 Å². The number of ether oxygens (including phenoxy) is 2. The molecule has 0 N–H and O–H groups in total. The van der Waals surface area contributed by atoms with Gasteiger partial charge in [0.25, 0.3) is 0 Å². The Hall–Kier alpha value is -1.98. The summed E-state index contributed by atoms with van der Waals surface area (Å²) in [7, 11) is 1.45. The van der Waals surface area contributed by atoms with Crippen molar-refractivity contribution in [2.24, 2.45) is 5.92 Å². The maximum atomic E-state index is 11.8. The van der Waals surface area contributed by atoms with Crippen molar-refractivity contribution in [3.63, 3.8) is 0 Å². The number of nitrogens with zero attached hydrogens (tertiary/aromatic N) is 2. The van der Waals surface area contributed by atoms with E-state index in [9.17, 15) is 9.59 Å². The largest absolute Gasteiger partial charge is 0.480 e. The molecule has 17 heavy (non-hydrogen) atoms. The summed E-state index contributed by atoms with van der Waals surface area (Å²) in [4.78, 5) is 23.2. The Morgan fingerprint density at radius 1 is 1.35 bits per heavy atom. The van der Waals surface area contributed by atoms with Crippen molar-refractivity contribution in [3.05, 3.63) is 17.8 Å². The zero-order chi connectivity index (χ0) is 12.8. The SMILES string of the molecule is CCOC(=O)C(C)C(=O)c1ccc(OC)nn1. The van der Waals surface area contributed by atoms with E-state index in [2.05, 4.69) is 10.2 Å². The molecule has 1 aromatic rings. The third-order valence-corrected chi connectivity index (χ3v) is 2.14. The molecule has 6 heteroatoms. The average Bonchev–Trinajstić information content (AvgIpc) is 2.37. The molecule has 0 spiro atoms. The van der Waals surface area contributed by atoms with Crippen molar-refractivity contribution in [3.8, 4) is 5.88 Å². The summed E-state index contributed by atoms with van der Waals surface area (Å²) in [6, 6.07) is 2.97. The number of ketones is 1. The van der Waals surface area contributed by atoms with Gasteiger partial charge in [-0.2, -0.15) is 0 Å². The summed E-state index contributed by atoms with van der Waals surface area (Å²) in [5.41, 5.74) is 0.117. The number of aromatic nitrogens is 2. The Balaban J connectivity index is 2.77. The number of Topliss-reactive ketones (excluding diaryl/α,β-unsaturated/α-hetero) is 1. The van der Waals surface area contributed by atoms with Crippen LogP contribution >= 0.6 is 0 Å². The van der Waals surface area contributed by atoms with Crippen molar-refractivity contribution in [2.45, 2.75) is 13.8 Å². The molecule has 1 heterocycles. The van der Waals surface area contributed by atoms with Gasteiger partial charge in [-0.3, -0.25) is 9.59 Å². The molecule has 1 aromatic heterocycles. The highest BCUT2D eigenvalue weighted by Crippen LogP contribution is 2.10. The minimum atomic E-state index is -0.877. The molecule has 0 amide bonds. The van der Waals surface area contributed by atoms with Crippen LogP contribution in [0.3, 0.4) is 0 Å². The molecule has 1 unspecified atom stereocenters. The zero-order valence-electron chi connectivity index (χ0n) is 9.97. The van der Waals surface area contributed by atoms with Crippen LogP contribution in [0.15, 0.2) is 12.1 Å². The molecule has 0 radical (unpaired) electrons. The van der Waals surface area contributed by atoms with Crippen LogP contribution in [0.5, 0.6) is 5.88 Å². The van der Waals surface area contributed by atoms with Gasteiger partial charge in [0.1, 0.15) is 11.6 Å². The molecule has 0 aliphatic rings. The number of methoxy groups -OCH3 is 1. The van der Waals surface area contributed by atoms with Gasteiger partial charge in [0.15, 0.2) is 5.78 Å². The first-order valence-electron chi connectivity index (χ1n) is 5.18. The Labute approximate surface area is 98.9 Å². The van der Waals surface area contributed by atoms with Gasteiger partial charge in [-0.1, -0.05) is 0 Å². The molecular formula is C11H14N2O4. The number of esters is 1. The van der Waals surface area contributed by atoms with E-state index in [0.717, 1.165) is 0 Å². The lowest BCUT2D eigenvalue weighted by atomic mass is 10.0. The minimum Gasteiger partial charge on any atom is -0.480 e. The van der Waals surface area contributed by atoms with Crippen LogP contribution in [0.25, 0.3) is 0 Å². The van der Waals surface area contributed by atoms with Crippen LogP contribution in [0.1, 0.15) is 24.3 Å². The van der Waals surface area contributed by atoms with Gasteiger partial charge in [0.2, 0.25) is 5.88 Å². The van der Waals surface area contributed by atoms with E-state index in [0.29, 0.717) is 5.88 Å². The highest BCUT2D eigenvalue weighted by Gasteiger charge is 2.25. The van der Waals surface area contributed by atoms with E-state index < -0.39 is 17.7 Å². The molecule has 0 saturated heterocycles. The second-order valence-corrected chi connectivity index (χ2v) is 3.30. The fourth-order valence-corrected chi connectivity index (χ4v) is 1.16. The third kappa shape index (κ3) is 3.24. The van der Waals surface area contributed by atoms with Crippen molar-refractivity contribution >= 4 is 11.8 Å². The van der Waals surface area contributed by atoms with Crippen molar-refractivity contribution in [2.75, 3.05) is 13.7 Å². The number of hydrogen-bond donors (Lipinski definition) is 0. The molecule has 1 rings (SSSR count). The number of carbonyl (C=O) groups is 2. The molecule has 92 valence electrons. The van der Waals surface area contributed by atoms with Crippen LogP contribution < -0.4 is 4.74 Å². The summed E-state index contributed by atoms with van der Waals surface area (Å²) in [5.74, 6) is -1.54. The van der Waals surface area contributed by atoms with Crippen LogP contribution in [-0.4, -0.2) is 35.7 Å². The molecule has 1 atom stereocenters. The molecule has 0 fully saturated rings. The summed E-state index contributed by atoms with van der Waals surface area (Å²) >= 11 is 0. The standard InChI is InChI=1S/C11H14N2O4/c1-4-17-11(15)7(2)10(14)8-5-6-9(16-3)13-12-8/h5-7H,4H2,1-3H3. The normalized spacial score (nSPS) is 11.7. The Morgan fingerprint density at radius 2 is 2.06 bits per heavy atom. The number of rotatable bonds is 5. The predicted molar refractivity (Wildman–Crippen MR) is 58.7 cm³/mol. The first-order chi connectivity index (χ1) is 8.10. The van der Waals surface area contributed by atoms with Crippen LogP contribution in [-0.2, 0) is 9.53 Å². The average molecular weight is 238 g/mol. The van der Waals surface area contributed by atoms with Gasteiger partial charge in [0, 0.05) is 6.07 Å². The zero-order valence-corrected chi connectivity index (χ0v) is 9.97. The van der Waals surface area contributed by atoms with E-state index >= 15 is 0 Å². The molecular weight excluding hydrogens is 224 g/mol. The quantitative estimate of drug-likeness (QED) is 0.430. The summed E-state index contributed by atoms with van der Waals surface area (Å²) in [6.45, 7) is 3.40. The lowest BCUT2D eigenvalue weighted by Gasteiger charge is -2.08. The van der Waals surface area contributed by atoms with E-state index in [4.69, 9.17) is 9.47 Å². The van der Waals surface area contributed by atoms with Gasteiger partial charge in [-0.15, -0.1) is 10.2 Å². The lowest BCUT2D eigenvalue weighted by Crippen LogP contribution is -2.24. The minimum absolute atomic E-state index is 0.117. The fourth-order valence-electron chi connectivity index (χ4n) is 1.16. The van der Waals surface area contributed by atoms with Gasteiger partial charge in [-0.05, 0) is 19.9 Å². The second kappa shape index (κ2) is 5.93. The smallest absolute Gasteiger partial charge is 0.316 e. The highest BCUT2D eigenvalue weighted by molar-refractivity contribution is 6.07. The van der Waals surface area contributed by atoms with Crippen molar-refractivity contribution in [1.29, 1.82) is 0 Å². The Morgan fingerprint density at radius 3 is 2.53 bits per heavy atom. The van der Waals surface area contributed by atoms with E-state index in [1.807, 2.05) is 0 Å². The maximum absolute atomic E-state index is 11.8. The molecule has 0 aromatic carbocycles. The topological polar surface area (TPSA) is 78.4 Å². The van der Waals surface area contributed by atoms with Crippen molar-refractivity contribution in [1.82, 2.24) is 10.2 Å². The number of carbonyl (C=O) groups excluding carboxylic acids is 2. The van der Waals surface area contributed by atoms with Gasteiger partial charge < -0.3 is 9.47 Å². The highest BCUT2D eigenvalue weighted by atomic mass is 16.5. The van der Waals surface area contributed by atoms with Gasteiger partial charge in [-0.25, -0.2) is 0 Å². The Kier molecular flexibility index (Phi) is 4.56. The first kappa shape index (κ1) is 13.1. The van der Waals surface area contributed by atoms with E-state index in [-0.39, 0.29) is 12.3 Å². The summed E-state index contributed by atoms with van der Waals surface area (Å²) in [5, 5.41) is 7.34. The Bertz CT molecular complexity index is 402. The molecule has 0 aliphatic carbocycles. The second-order valence-electron chi connectivity index (χ2n) is 3.30. The van der Waals surface area contributed by atoms with E-state index in [1.54, 1.807) is 6.92 Å². The number of hydrogen-bond acceptors (Lipinski definition) is 6. The maximum Gasteiger partial charge on any atom is 0.316 e. The van der Waals surface area contributed by atoms with Crippen LogP contribution in [0.4, 0.5) is 0 Å². The molecule has 6 nitrogen and oxygen atoms in total. The summed E-state index contributed by atoms with van der Waals surface area (Å²) < 4.78 is 9.58. The van der Waals surface area contributed by atoms with Crippen LogP contribution in [0.2, 0.25) is 0 Å². The monoisotopic (exact) mass is 238 g/mol. The molecule has 0 aliphatic heterocycles. The van der Waals surface area contributed by atoms with E-state index in [1.165, 1.54) is 26.2 Å². The predicted octanol–water partition coefficient (Wildman–Crippen LogP) is 0.867. The first-order valence-corrected chi connectivity index (χ1v) is 5.18. The lowest BCUT2D eigenvalue weighted by molar-refractivity contribution is -0.145. The fraction of sp³-hybridized carbons (Fsp3) is 0.455. The molecule has 0 bridgehead atoms. The van der Waals surface area contributed by atoms with Crippen molar-refractivity contribution < 1.29 is 19.1 Å². The summed E-state index contributed by atoms with van der Waals surface area (Å²) in [6.07, 6.45) is 0. The van der Waals surface area contributed by atoms with Crippen LogP contribution in [0, 0.1) is 5.92 Å². The van der Waals surface area contributed by atoms with Gasteiger partial charge in [0.05, 0.1) is 13.7 Å². The molecule has 0 saturated carbocycles.